The number of ether oxygens (including phenoxy) is 2. The van der Waals surface area contributed by atoms with Gasteiger partial charge in [-0.05, 0) is 40.6 Å². The predicted molar refractivity (Wildman–Crippen MR) is 89.6 cm³/mol. The standard InChI is InChI=1S/C14H17IN4O3/c1-7(2)8-4-11(21-3)9(15)5-10(8)22-12-6-19(20)14(17)18-13(12)16/h4-7,20H,1-3H3,(H3,16,17,18). The lowest BCUT2D eigenvalue weighted by Gasteiger charge is -2.17. The molecule has 2 rings (SSSR count). The largest absolute Gasteiger partial charge is 0.496 e. The Balaban J connectivity index is 2.51. The van der Waals surface area contributed by atoms with Crippen LogP contribution in [0.15, 0.2) is 18.3 Å². The van der Waals surface area contributed by atoms with E-state index >= 15 is 0 Å². The minimum Gasteiger partial charge on any atom is -0.496 e. The first-order valence-corrected chi connectivity index (χ1v) is 7.59. The number of aromatic nitrogens is 2. The third-order valence-electron chi connectivity index (χ3n) is 3.06. The van der Waals surface area contributed by atoms with Gasteiger partial charge in [0.1, 0.15) is 11.5 Å². The maximum Gasteiger partial charge on any atom is 0.257 e. The van der Waals surface area contributed by atoms with Gasteiger partial charge in [0.2, 0.25) is 0 Å². The van der Waals surface area contributed by atoms with Gasteiger partial charge in [-0.2, -0.15) is 9.71 Å². The summed E-state index contributed by atoms with van der Waals surface area (Å²) in [5.41, 5.74) is 6.33. The molecule has 1 heterocycles. The van der Waals surface area contributed by atoms with Crippen molar-refractivity contribution in [1.82, 2.24) is 9.71 Å². The Hall–Kier alpha value is -1.97. The van der Waals surface area contributed by atoms with E-state index in [0.29, 0.717) is 10.5 Å². The Kier molecular flexibility index (Phi) is 4.79. The normalized spacial score (nSPS) is 10.8. The monoisotopic (exact) mass is 416 g/mol. The van der Waals surface area contributed by atoms with E-state index in [9.17, 15) is 5.21 Å². The molecule has 22 heavy (non-hydrogen) atoms. The van der Waals surface area contributed by atoms with Crippen LogP contribution in [0.5, 0.6) is 17.2 Å². The topological polar surface area (TPSA) is 106 Å². The third-order valence-corrected chi connectivity index (χ3v) is 3.90. The predicted octanol–water partition coefficient (Wildman–Crippen LogP) is 2.71. The van der Waals surface area contributed by atoms with Crippen LogP contribution in [0.3, 0.4) is 0 Å². The first kappa shape index (κ1) is 16.4. The molecule has 0 atom stereocenters. The van der Waals surface area contributed by atoms with Gasteiger partial charge in [-0.1, -0.05) is 13.8 Å². The number of halogens is 1. The molecule has 1 aromatic carbocycles. The second kappa shape index (κ2) is 6.42. The zero-order valence-electron chi connectivity index (χ0n) is 12.4. The van der Waals surface area contributed by atoms with Crippen LogP contribution < -0.4 is 20.8 Å². The Morgan fingerprint density at radius 3 is 2.59 bits per heavy atom. The molecular formula is C14H17IN4O3. The fourth-order valence-corrected chi connectivity index (χ4v) is 2.56. The zero-order valence-corrected chi connectivity index (χ0v) is 14.6. The van der Waals surface area contributed by atoms with Crippen molar-refractivity contribution in [2.75, 3.05) is 12.8 Å². The zero-order chi connectivity index (χ0) is 16.4. The van der Waals surface area contributed by atoms with E-state index < -0.39 is 0 Å². The van der Waals surface area contributed by atoms with Gasteiger partial charge in [0.05, 0.1) is 16.9 Å². The number of nitrogens with one attached hydrogen (secondary N) is 1. The molecule has 7 nitrogen and oxygen atoms in total. The molecule has 0 amide bonds. The molecule has 0 fully saturated rings. The Bertz CT molecular complexity index is 758. The lowest BCUT2D eigenvalue weighted by Crippen LogP contribution is -2.22. The van der Waals surface area contributed by atoms with E-state index in [1.54, 1.807) is 7.11 Å². The fourth-order valence-electron chi connectivity index (χ4n) is 1.90. The summed E-state index contributed by atoms with van der Waals surface area (Å²) in [5, 5.41) is 16.9. The highest BCUT2D eigenvalue weighted by Gasteiger charge is 2.15. The van der Waals surface area contributed by atoms with Gasteiger partial charge in [0, 0.05) is 5.56 Å². The van der Waals surface area contributed by atoms with Crippen LogP contribution in [0, 0.1) is 8.98 Å². The van der Waals surface area contributed by atoms with Crippen molar-refractivity contribution in [3.8, 4) is 17.2 Å². The minimum atomic E-state index is -0.363. The summed E-state index contributed by atoms with van der Waals surface area (Å²) in [6.45, 7) is 4.07. The third kappa shape index (κ3) is 3.26. The molecule has 0 saturated carbocycles. The second-order valence-electron chi connectivity index (χ2n) is 4.94. The highest BCUT2D eigenvalue weighted by molar-refractivity contribution is 14.1. The molecule has 0 saturated heterocycles. The van der Waals surface area contributed by atoms with E-state index in [4.69, 9.17) is 20.6 Å². The SMILES string of the molecule is COc1cc(C(C)C)c(Oc2cn(O)c(=N)nc2N)cc1I. The number of methoxy groups -OCH3 is 1. The molecular weight excluding hydrogens is 399 g/mol. The Morgan fingerprint density at radius 2 is 2.00 bits per heavy atom. The van der Waals surface area contributed by atoms with Crippen molar-refractivity contribution >= 4 is 28.4 Å². The minimum absolute atomic E-state index is 0.0378. The van der Waals surface area contributed by atoms with Gasteiger partial charge in [0.15, 0.2) is 11.6 Å². The van der Waals surface area contributed by atoms with E-state index in [1.165, 1.54) is 6.20 Å². The summed E-state index contributed by atoms with van der Waals surface area (Å²) in [6, 6.07) is 3.75. The fraction of sp³-hybridized carbons (Fsp3) is 0.286. The number of rotatable bonds is 4. The average Bonchev–Trinajstić information content (AvgIpc) is 2.44. The molecule has 0 aliphatic carbocycles. The van der Waals surface area contributed by atoms with Gasteiger partial charge in [-0.3, -0.25) is 5.41 Å². The molecule has 118 valence electrons. The number of nitrogens with zero attached hydrogens (tertiary/aromatic N) is 2. The molecule has 1 aromatic heterocycles. The lowest BCUT2D eigenvalue weighted by molar-refractivity contribution is 0.162. The quantitative estimate of drug-likeness (QED) is 0.525. The number of benzene rings is 1. The van der Waals surface area contributed by atoms with Crippen LogP contribution in [0.1, 0.15) is 25.3 Å². The van der Waals surface area contributed by atoms with Crippen LogP contribution in [-0.2, 0) is 0 Å². The van der Waals surface area contributed by atoms with Crippen molar-refractivity contribution < 1.29 is 14.7 Å². The van der Waals surface area contributed by atoms with Gasteiger partial charge >= 0.3 is 0 Å². The molecule has 0 bridgehead atoms. The van der Waals surface area contributed by atoms with Crippen molar-refractivity contribution in [2.45, 2.75) is 19.8 Å². The van der Waals surface area contributed by atoms with E-state index in [0.717, 1.165) is 14.9 Å². The van der Waals surface area contributed by atoms with Crippen LogP contribution in [-0.4, -0.2) is 22.0 Å². The highest BCUT2D eigenvalue weighted by atomic mass is 127. The van der Waals surface area contributed by atoms with Gasteiger partial charge in [0.25, 0.3) is 5.62 Å². The van der Waals surface area contributed by atoms with Gasteiger partial charge in [-0.15, -0.1) is 0 Å². The summed E-state index contributed by atoms with van der Waals surface area (Å²) in [5.74, 6) is 1.79. The first-order chi connectivity index (χ1) is 10.3. The van der Waals surface area contributed by atoms with Crippen LogP contribution in [0.2, 0.25) is 0 Å². The van der Waals surface area contributed by atoms with Crippen LogP contribution >= 0.6 is 22.6 Å². The molecule has 2 aromatic rings. The first-order valence-electron chi connectivity index (χ1n) is 6.51. The number of nitrogens with two attached hydrogens (primary N) is 1. The summed E-state index contributed by atoms with van der Waals surface area (Å²) < 4.78 is 12.6. The summed E-state index contributed by atoms with van der Waals surface area (Å²) in [4.78, 5) is 3.71. The Labute approximate surface area is 141 Å². The van der Waals surface area contributed by atoms with E-state index in [-0.39, 0.29) is 23.1 Å². The molecule has 0 spiro atoms. The molecule has 0 radical (unpaired) electrons. The molecule has 4 N–H and O–H groups in total. The van der Waals surface area contributed by atoms with E-state index in [2.05, 4.69) is 27.6 Å². The summed E-state index contributed by atoms with van der Waals surface area (Å²) >= 11 is 2.15. The van der Waals surface area contributed by atoms with Crippen LogP contribution in [0.25, 0.3) is 0 Å². The molecule has 0 aliphatic rings. The smallest absolute Gasteiger partial charge is 0.257 e. The molecule has 8 heteroatoms. The van der Waals surface area contributed by atoms with E-state index in [1.807, 2.05) is 26.0 Å². The van der Waals surface area contributed by atoms with Gasteiger partial charge < -0.3 is 20.4 Å². The van der Waals surface area contributed by atoms with Crippen molar-refractivity contribution in [3.63, 3.8) is 0 Å². The highest BCUT2D eigenvalue weighted by Crippen LogP contribution is 2.37. The van der Waals surface area contributed by atoms with Crippen molar-refractivity contribution in [2.24, 2.45) is 0 Å². The Morgan fingerprint density at radius 1 is 1.32 bits per heavy atom. The number of nitrogen functional groups attached to an aromatic ring is 1. The molecule has 0 unspecified atom stereocenters. The van der Waals surface area contributed by atoms with Crippen molar-refractivity contribution in [1.29, 1.82) is 5.41 Å². The number of hydrogen-bond acceptors (Lipinski definition) is 6. The average molecular weight is 416 g/mol. The van der Waals surface area contributed by atoms with Crippen molar-refractivity contribution in [3.05, 3.63) is 33.1 Å². The lowest BCUT2D eigenvalue weighted by atomic mass is 10.0. The molecule has 0 aliphatic heterocycles. The maximum absolute atomic E-state index is 9.53. The van der Waals surface area contributed by atoms with Gasteiger partial charge in [-0.25, -0.2) is 0 Å². The summed E-state index contributed by atoms with van der Waals surface area (Å²) in [6.07, 6.45) is 1.21. The van der Waals surface area contributed by atoms with Crippen LogP contribution in [0.4, 0.5) is 5.82 Å². The number of anilines is 1. The summed E-state index contributed by atoms with van der Waals surface area (Å²) in [7, 11) is 1.62. The maximum atomic E-state index is 9.53. The number of hydrogen-bond donors (Lipinski definition) is 3. The second-order valence-corrected chi connectivity index (χ2v) is 6.10.